The molecule has 1 aromatic heterocycles. The summed E-state index contributed by atoms with van der Waals surface area (Å²) in [5, 5.41) is 11.9. The zero-order valence-electron chi connectivity index (χ0n) is 17.0. The lowest BCUT2D eigenvalue weighted by atomic mass is 9.96. The molecule has 0 aliphatic heterocycles. The third-order valence-corrected chi connectivity index (χ3v) is 5.62. The van der Waals surface area contributed by atoms with E-state index < -0.39 is 0 Å². The predicted molar refractivity (Wildman–Crippen MR) is 114 cm³/mol. The quantitative estimate of drug-likeness (QED) is 0.575. The molecule has 0 radical (unpaired) electrons. The second-order valence-electron chi connectivity index (χ2n) is 7.40. The van der Waals surface area contributed by atoms with Crippen molar-refractivity contribution in [2.75, 3.05) is 5.75 Å². The van der Waals surface area contributed by atoms with Gasteiger partial charge in [0.05, 0.1) is 17.5 Å². The number of nitrogens with one attached hydrogen (secondary N) is 1. The Morgan fingerprint density at radius 1 is 1.17 bits per heavy atom. The summed E-state index contributed by atoms with van der Waals surface area (Å²) in [5.41, 5.74) is 4.19. The van der Waals surface area contributed by atoms with Gasteiger partial charge in [0.25, 0.3) is 0 Å². The first-order chi connectivity index (χ1) is 13.8. The first-order valence-corrected chi connectivity index (χ1v) is 10.5. The zero-order chi connectivity index (χ0) is 21.0. The van der Waals surface area contributed by atoms with Gasteiger partial charge in [0.2, 0.25) is 5.91 Å². The molecule has 0 fully saturated rings. The third kappa shape index (κ3) is 5.23. The summed E-state index contributed by atoms with van der Waals surface area (Å²) in [6.45, 7) is 8.14. The standard InChI is InChI=1S/C22H25FN4OS/c1-14(2)21(17-6-8-18(23)9-7-17)25-20(28)12-29-22-26-24-13-27(22)19-10-5-15(3)11-16(19)4/h5-11,13-14,21H,12H2,1-4H3,(H,25,28). The molecule has 152 valence electrons. The second kappa shape index (κ2) is 9.22. The van der Waals surface area contributed by atoms with Crippen molar-refractivity contribution in [2.45, 2.75) is 38.9 Å². The number of aryl methyl sites for hydroxylation is 2. The van der Waals surface area contributed by atoms with Crippen LogP contribution in [-0.2, 0) is 4.79 Å². The van der Waals surface area contributed by atoms with Crippen molar-refractivity contribution >= 4 is 17.7 Å². The summed E-state index contributed by atoms with van der Waals surface area (Å²) in [5.74, 6) is -0.000983. The molecule has 2 aromatic carbocycles. The molecule has 0 saturated heterocycles. The highest BCUT2D eigenvalue weighted by atomic mass is 32.2. The molecule has 0 aliphatic rings. The van der Waals surface area contributed by atoms with Crippen LogP contribution in [-0.4, -0.2) is 26.4 Å². The van der Waals surface area contributed by atoms with Crippen LogP contribution in [0.4, 0.5) is 4.39 Å². The van der Waals surface area contributed by atoms with Gasteiger partial charge >= 0.3 is 0 Å². The van der Waals surface area contributed by atoms with Crippen LogP contribution < -0.4 is 5.32 Å². The van der Waals surface area contributed by atoms with Crippen LogP contribution in [0, 0.1) is 25.6 Å². The van der Waals surface area contributed by atoms with E-state index in [4.69, 9.17) is 0 Å². The predicted octanol–water partition coefficient (Wildman–Crippen LogP) is 4.63. The molecule has 0 saturated carbocycles. The first-order valence-electron chi connectivity index (χ1n) is 9.50. The second-order valence-corrected chi connectivity index (χ2v) is 8.35. The van der Waals surface area contributed by atoms with E-state index in [2.05, 4.69) is 28.5 Å². The van der Waals surface area contributed by atoms with E-state index >= 15 is 0 Å². The molecule has 7 heteroatoms. The van der Waals surface area contributed by atoms with E-state index in [9.17, 15) is 9.18 Å². The average molecular weight is 413 g/mol. The fraction of sp³-hybridized carbons (Fsp3) is 0.318. The van der Waals surface area contributed by atoms with Crippen LogP contribution in [0.3, 0.4) is 0 Å². The van der Waals surface area contributed by atoms with Crippen LogP contribution in [0.1, 0.15) is 36.6 Å². The van der Waals surface area contributed by atoms with Crippen LogP contribution in [0.2, 0.25) is 0 Å². The van der Waals surface area contributed by atoms with Crippen molar-refractivity contribution in [3.05, 3.63) is 71.3 Å². The number of thioether (sulfide) groups is 1. The minimum Gasteiger partial charge on any atom is -0.348 e. The summed E-state index contributed by atoms with van der Waals surface area (Å²) in [4.78, 5) is 12.6. The Morgan fingerprint density at radius 2 is 1.90 bits per heavy atom. The molecule has 3 aromatic rings. The van der Waals surface area contributed by atoms with Crippen molar-refractivity contribution in [3.8, 4) is 5.69 Å². The monoisotopic (exact) mass is 412 g/mol. The molecular formula is C22H25FN4OS. The lowest BCUT2D eigenvalue weighted by Crippen LogP contribution is -2.33. The van der Waals surface area contributed by atoms with Crippen LogP contribution in [0.15, 0.2) is 53.9 Å². The lowest BCUT2D eigenvalue weighted by molar-refractivity contribution is -0.119. The van der Waals surface area contributed by atoms with Crippen LogP contribution in [0.25, 0.3) is 5.69 Å². The number of carbonyl (C=O) groups excluding carboxylic acids is 1. The number of amides is 1. The molecule has 0 spiro atoms. The number of carbonyl (C=O) groups is 1. The van der Waals surface area contributed by atoms with E-state index in [0.717, 1.165) is 16.8 Å². The molecule has 1 atom stereocenters. The van der Waals surface area contributed by atoms with E-state index in [1.54, 1.807) is 18.5 Å². The highest BCUT2D eigenvalue weighted by Crippen LogP contribution is 2.24. The van der Waals surface area contributed by atoms with Crippen LogP contribution >= 0.6 is 11.8 Å². The zero-order valence-corrected chi connectivity index (χ0v) is 17.8. The minimum atomic E-state index is -0.288. The van der Waals surface area contributed by atoms with Crippen molar-refractivity contribution in [1.29, 1.82) is 0 Å². The highest BCUT2D eigenvalue weighted by Gasteiger charge is 2.19. The summed E-state index contributed by atoms with van der Waals surface area (Å²) < 4.78 is 15.1. The smallest absolute Gasteiger partial charge is 0.230 e. The van der Waals surface area contributed by atoms with E-state index in [-0.39, 0.29) is 29.4 Å². The van der Waals surface area contributed by atoms with Gasteiger partial charge in [-0.05, 0) is 49.1 Å². The molecule has 1 unspecified atom stereocenters. The summed E-state index contributed by atoms with van der Waals surface area (Å²) in [7, 11) is 0. The van der Waals surface area contributed by atoms with Crippen molar-refractivity contribution in [2.24, 2.45) is 5.92 Å². The number of hydrogen-bond acceptors (Lipinski definition) is 4. The molecule has 1 amide bonds. The van der Waals surface area contributed by atoms with Gasteiger partial charge in [-0.3, -0.25) is 9.36 Å². The van der Waals surface area contributed by atoms with Crippen molar-refractivity contribution in [1.82, 2.24) is 20.1 Å². The number of rotatable bonds is 7. The topological polar surface area (TPSA) is 59.8 Å². The number of halogens is 1. The minimum absolute atomic E-state index is 0.104. The van der Waals surface area contributed by atoms with Crippen molar-refractivity contribution in [3.63, 3.8) is 0 Å². The largest absolute Gasteiger partial charge is 0.348 e. The molecular weight excluding hydrogens is 387 g/mol. The molecule has 3 rings (SSSR count). The fourth-order valence-corrected chi connectivity index (χ4v) is 3.95. The Labute approximate surface area is 174 Å². The number of aromatic nitrogens is 3. The number of nitrogens with zero attached hydrogens (tertiary/aromatic N) is 3. The van der Waals surface area contributed by atoms with E-state index in [1.807, 2.05) is 37.5 Å². The van der Waals surface area contributed by atoms with Gasteiger partial charge < -0.3 is 5.32 Å². The lowest BCUT2D eigenvalue weighted by Gasteiger charge is -2.23. The van der Waals surface area contributed by atoms with E-state index in [0.29, 0.717) is 5.16 Å². The molecule has 1 N–H and O–H groups in total. The summed E-state index contributed by atoms with van der Waals surface area (Å²) >= 11 is 1.34. The Balaban J connectivity index is 1.68. The third-order valence-electron chi connectivity index (χ3n) is 4.67. The summed E-state index contributed by atoms with van der Waals surface area (Å²) in [6.07, 6.45) is 1.66. The molecule has 29 heavy (non-hydrogen) atoms. The SMILES string of the molecule is Cc1ccc(-n2cnnc2SCC(=O)NC(c2ccc(F)cc2)C(C)C)c(C)c1. The maximum Gasteiger partial charge on any atom is 0.230 e. The van der Waals surface area contributed by atoms with E-state index in [1.165, 1.54) is 29.5 Å². The highest BCUT2D eigenvalue weighted by molar-refractivity contribution is 7.99. The Morgan fingerprint density at radius 3 is 2.55 bits per heavy atom. The molecule has 0 bridgehead atoms. The Bertz CT molecular complexity index is 985. The van der Waals surface area contributed by atoms with Gasteiger partial charge in [-0.2, -0.15) is 0 Å². The molecule has 0 aliphatic carbocycles. The number of hydrogen-bond donors (Lipinski definition) is 1. The van der Waals surface area contributed by atoms with Gasteiger partial charge in [0, 0.05) is 0 Å². The summed E-state index contributed by atoms with van der Waals surface area (Å²) in [6, 6.07) is 12.2. The average Bonchev–Trinajstić information content (AvgIpc) is 3.13. The van der Waals surface area contributed by atoms with Gasteiger partial charge in [-0.15, -0.1) is 10.2 Å². The van der Waals surface area contributed by atoms with Crippen LogP contribution in [0.5, 0.6) is 0 Å². The maximum absolute atomic E-state index is 13.2. The maximum atomic E-state index is 13.2. The van der Waals surface area contributed by atoms with Gasteiger partial charge in [0.15, 0.2) is 5.16 Å². The normalized spacial score (nSPS) is 12.2. The van der Waals surface area contributed by atoms with Gasteiger partial charge in [-0.25, -0.2) is 4.39 Å². The molecule has 1 heterocycles. The number of benzene rings is 2. The Hall–Kier alpha value is -2.67. The van der Waals surface area contributed by atoms with Crippen molar-refractivity contribution < 1.29 is 9.18 Å². The Kier molecular flexibility index (Phi) is 6.69. The fourth-order valence-electron chi connectivity index (χ4n) is 3.21. The van der Waals surface area contributed by atoms with Gasteiger partial charge in [-0.1, -0.05) is 55.4 Å². The van der Waals surface area contributed by atoms with Gasteiger partial charge in [0.1, 0.15) is 12.1 Å². The molecule has 5 nitrogen and oxygen atoms in total. The first kappa shape index (κ1) is 21.0.